The van der Waals surface area contributed by atoms with Crippen LogP contribution in [0.2, 0.25) is 0 Å². The summed E-state index contributed by atoms with van der Waals surface area (Å²) < 4.78 is 10.7. The van der Waals surface area contributed by atoms with Crippen molar-refractivity contribution in [1.29, 1.82) is 0 Å². The van der Waals surface area contributed by atoms with Gasteiger partial charge >= 0.3 is 0 Å². The Kier molecular flexibility index (Phi) is 7.03. The van der Waals surface area contributed by atoms with Gasteiger partial charge in [-0.15, -0.1) is 11.3 Å². The summed E-state index contributed by atoms with van der Waals surface area (Å²) in [7, 11) is 7.47. The van der Waals surface area contributed by atoms with E-state index in [4.69, 9.17) is 14.5 Å². The van der Waals surface area contributed by atoms with E-state index in [-0.39, 0.29) is 0 Å². The molecule has 0 aliphatic heterocycles. The number of benzene rings is 2. The fourth-order valence-electron chi connectivity index (χ4n) is 2.94. The molecule has 0 radical (unpaired) electrons. The van der Waals surface area contributed by atoms with Crippen LogP contribution in [-0.4, -0.2) is 51.3 Å². The molecule has 0 aliphatic rings. The highest BCUT2D eigenvalue weighted by molar-refractivity contribution is 7.18. The van der Waals surface area contributed by atoms with Gasteiger partial charge in [-0.2, -0.15) is 0 Å². The number of methoxy groups -OCH3 is 2. The van der Waals surface area contributed by atoms with Crippen molar-refractivity contribution in [2.75, 3.05) is 41.4 Å². The highest BCUT2D eigenvalue weighted by Gasteiger charge is 2.16. The zero-order valence-electron chi connectivity index (χ0n) is 16.9. The van der Waals surface area contributed by atoms with E-state index in [9.17, 15) is 0 Å². The zero-order chi connectivity index (χ0) is 19.9. The van der Waals surface area contributed by atoms with Crippen molar-refractivity contribution in [1.82, 2.24) is 15.2 Å². The Morgan fingerprint density at radius 3 is 2.43 bits per heavy atom. The summed E-state index contributed by atoms with van der Waals surface area (Å²) >= 11 is 1.71. The number of rotatable bonds is 9. The van der Waals surface area contributed by atoms with Crippen LogP contribution < -0.4 is 14.8 Å². The van der Waals surface area contributed by atoms with Gasteiger partial charge in [-0.1, -0.05) is 12.1 Å². The van der Waals surface area contributed by atoms with E-state index in [0.29, 0.717) is 0 Å². The summed E-state index contributed by atoms with van der Waals surface area (Å²) in [6, 6.07) is 16.2. The summed E-state index contributed by atoms with van der Waals surface area (Å²) in [5.74, 6) is 1.69. The molecule has 0 aliphatic carbocycles. The highest BCUT2D eigenvalue weighted by Crippen LogP contribution is 2.37. The molecular weight excluding hydrogens is 370 g/mol. The monoisotopic (exact) mass is 397 g/mol. The molecule has 0 saturated carbocycles. The van der Waals surface area contributed by atoms with Crippen molar-refractivity contribution >= 4 is 11.3 Å². The number of likely N-dealkylation sites (N-methyl/N-ethyl adjacent to an activating group) is 2. The molecule has 1 heterocycles. The molecule has 0 saturated heterocycles. The molecule has 28 heavy (non-hydrogen) atoms. The van der Waals surface area contributed by atoms with Gasteiger partial charge in [0.15, 0.2) is 0 Å². The molecule has 2 aromatic carbocycles. The second-order valence-corrected chi connectivity index (χ2v) is 7.60. The van der Waals surface area contributed by atoms with Crippen LogP contribution in [0.3, 0.4) is 0 Å². The number of thiazole rings is 1. The van der Waals surface area contributed by atoms with E-state index in [2.05, 4.69) is 35.5 Å². The van der Waals surface area contributed by atoms with Crippen LogP contribution in [0.25, 0.3) is 21.0 Å². The quantitative estimate of drug-likeness (QED) is 0.588. The fourth-order valence-corrected chi connectivity index (χ4v) is 4.02. The van der Waals surface area contributed by atoms with Crippen molar-refractivity contribution in [3.05, 3.63) is 54.2 Å². The molecule has 0 bridgehead atoms. The Hall–Kier alpha value is -2.41. The second kappa shape index (κ2) is 9.68. The maximum atomic E-state index is 5.38. The van der Waals surface area contributed by atoms with Crippen LogP contribution in [0.15, 0.2) is 48.5 Å². The van der Waals surface area contributed by atoms with E-state index < -0.39 is 0 Å². The predicted molar refractivity (Wildman–Crippen MR) is 116 cm³/mol. The van der Waals surface area contributed by atoms with Gasteiger partial charge in [0.25, 0.3) is 0 Å². The van der Waals surface area contributed by atoms with E-state index in [1.807, 2.05) is 37.4 Å². The first-order valence-corrected chi connectivity index (χ1v) is 10.1. The lowest BCUT2D eigenvalue weighted by molar-refractivity contribution is 0.325. The smallest absolute Gasteiger partial charge is 0.124 e. The molecular formula is C22H27N3O2S. The SMILES string of the molecule is CNCCN(C)Cc1nc(-c2cccc(OC)c2)sc1-c1ccc(OC)cc1. The minimum atomic E-state index is 0.795. The molecule has 5 nitrogen and oxygen atoms in total. The predicted octanol–water partition coefficient (Wildman–Crippen LogP) is 4.15. The molecule has 0 unspecified atom stereocenters. The van der Waals surface area contributed by atoms with Crippen LogP contribution in [0, 0.1) is 0 Å². The minimum Gasteiger partial charge on any atom is -0.497 e. The fraction of sp³-hybridized carbons (Fsp3) is 0.318. The maximum absolute atomic E-state index is 5.38. The van der Waals surface area contributed by atoms with Gasteiger partial charge in [-0.25, -0.2) is 4.98 Å². The molecule has 0 fully saturated rings. The standard InChI is InChI=1S/C22H27N3O2S/c1-23-12-13-25(2)15-20-21(16-8-10-18(26-3)11-9-16)28-22(24-20)17-6-5-7-19(14-17)27-4/h5-11,14,23H,12-13,15H2,1-4H3. The molecule has 3 rings (SSSR count). The molecule has 3 aromatic rings. The third-order valence-corrected chi connectivity index (χ3v) is 5.73. The second-order valence-electron chi connectivity index (χ2n) is 6.60. The first-order chi connectivity index (χ1) is 13.6. The summed E-state index contributed by atoms with van der Waals surface area (Å²) in [6.45, 7) is 2.70. The van der Waals surface area contributed by atoms with E-state index in [1.54, 1.807) is 25.6 Å². The maximum Gasteiger partial charge on any atom is 0.124 e. The van der Waals surface area contributed by atoms with Crippen molar-refractivity contribution < 1.29 is 9.47 Å². The molecule has 1 aromatic heterocycles. The lowest BCUT2D eigenvalue weighted by Crippen LogP contribution is -2.27. The number of nitrogens with one attached hydrogen (secondary N) is 1. The Bertz CT molecular complexity index is 893. The Morgan fingerprint density at radius 2 is 1.75 bits per heavy atom. The topological polar surface area (TPSA) is 46.6 Å². The molecule has 0 spiro atoms. The Labute approximate surface area is 170 Å². The van der Waals surface area contributed by atoms with Gasteiger partial charge in [0.1, 0.15) is 16.5 Å². The Balaban J connectivity index is 1.98. The number of aromatic nitrogens is 1. The van der Waals surface area contributed by atoms with Crippen LogP contribution in [-0.2, 0) is 6.54 Å². The average molecular weight is 398 g/mol. The van der Waals surface area contributed by atoms with Gasteiger partial charge in [-0.05, 0) is 56.1 Å². The average Bonchev–Trinajstić information content (AvgIpc) is 3.16. The lowest BCUT2D eigenvalue weighted by Gasteiger charge is -2.15. The highest BCUT2D eigenvalue weighted by atomic mass is 32.1. The van der Waals surface area contributed by atoms with Crippen LogP contribution in [0.1, 0.15) is 5.69 Å². The molecule has 6 heteroatoms. The van der Waals surface area contributed by atoms with Gasteiger partial charge in [0.2, 0.25) is 0 Å². The van der Waals surface area contributed by atoms with Crippen LogP contribution in [0.4, 0.5) is 0 Å². The Morgan fingerprint density at radius 1 is 1.00 bits per heavy atom. The normalized spacial score (nSPS) is 11.0. The van der Waals surface area contributed by atoms with Gasteiger partial charge < -0.3 is 14.8 Å². The van der Waals surface area contributed by atoms with Gasteiger partial charge in [0, 0.05) is 25.2 Å². The third kappa shape index (κ3) is 4.90. The van der Waals surface area contributed by atoms with Crippen molar-refractivity contribution in [2.24, 2.45) is 0 Å². The summed E-state index contributed by atoms with van der Waals surface area (Å²) in [5.41, 5.74) is 3.32. The number of hydrogen-bond donors (Lipinski definition) is 1. The first kappa shape index (κ1) is 20.3. The van der Waals surface area contributed by atoms with Crippen molar-refractivity contribution in [3.8, 4) is 32.5 Å². The molecule has 0 amide bonds. The summed E-state index contributed by atoms with van der Waals surface area (Å²) in [6.07, 6.45) is 0. The molecule has 0 atom stereocenters. The van der Waals surface area contributed by atoms with Gasteiger partial charge in [0.05, 0.1) is 24.8 Å². The van der Waals surface area contributed by atoms with Crippen molar-refractivity contribution in [3.63, 3.8) is 0 Å². The number of ether oxygens (including phenoxy) is 2. The molecule has 1 N–H and O–H groups in total. The molecule has 148 valence electrons. The van der Waals surface area contributed by atoms with E-state index in [0.717, 1.165) is 53.0 Å². The van der Waals surface area contributed by atoms with Gasteiger partial charge in [-0.3, -0.25) is 4.90 Å². The minimum absolute atomic E-state index is 0.795. The summed E-state index contributed by atoms with van der Waals surface area (Å²) in [4.78, 5) is 8.47. The number of hydrogen-bond acceptors (Lipinski definition) is 6. The largest absolute Gasteiger partial charge is 0.497 e. The van der Waals surface area contributed by atoms with Crippen molar-refractivity contribution in [2.45, 2.75) is 6.54 Å². The number of nitrogens with zero attached hydrogens (tertiary/aromatic N) is 2. The third-order valence-electron chi connectivity index (χ3n) is 4.53. The van der Waals surface area contributed by atoms with E-state index >= 15 is 0 Å². The van der Waals surface area contributed by atoms with Crippen LogP contribution in [0.5, 0.6) is 11.5 Å². The van der Waals surface area contributed by atoms with Crippen LogP contribution >= 0.6 is 11.3 Å². The summed E-state index contributed by atoms with van der Waals surface area (Å²) in [5, 5.41) is 4.20. The lowest BCUT2D eigenvalue weighted by atomic mass is 10.1. The first-order valence-electron chi connectivity index (χ1n) is 9.26. The van der Waals surface area contributed by atoms with E-state index in [1.165, 1.54) is 4.88 Å². The zero-order valence-corrected chi connectivity index (χ0v) is 17.7.